The van der Waals surface area contributed by atoms with Crippen LogP contribution in [0.1, 0.15) is 44.5 Å². The normalized spacial score (nSPS) is 25.1. The van der Waals surface area contributed by atoms with Crippen LogP contribution in [-0.4, -0.2) is 38.3 Å². The minimum absolute atomic E-state index is 0.474. The zero-order chi connectivity index (χ0) is 12.1. The molecule has 0 aromatic carbocycles. The molecule has 1 heterocycles. The molecule has 5 nitrogen and oxygen atoms in total. The van der Waals surface area contributed by atoms with Crippen molar-refractivity contribution in [2.75, 3.05) is 12.8 Å². The van der Waals surface area contributed by atoms with Gasteiger partial charge in [0.1, 0.15) is 0 Å². The molecule has 2 atom stereocenters. The van der Waals surface area contributed by atoms with E-state index in [1.54, 1.807) is 0 Å². The van der Waals surface area contributed by atoms with E-state index in [9.17, 15) is 0 Å². The van der Waals surface area contributed by atoms with Crippen LogP contribution in [0.2, 0.25) is 0 Å². The van der Waals surface area contributed by atoms with E-state index < -0.39 is 0 Å². The maximum absolute atomic E-state index is 4.19. The first-order chi connectivity index (χ1) is 8.36. The quantitative estimate of drug-likeness (QED) is 0.866. The van der Waals surface area contributed by atoms with Crippen molar-refractivity contribution < 1.29 is 0 Å². The Bertz CT molecular complexity index is 340. The third-order valence-electron chi connectivity index (χ3n) is 3.38. The molecule has 0 radical (unpaired) electrons. The van der Waals surface area contributed by atoms with E-state index in [4.69, 9.17) is 0 Å². The van der Waals surface area contributed by atoms with Gasteiger partial charge in [0.25, 0.3) is 0 Å². The van der Waals surface area contributed by atoms with E-state index in [1.807, 2.05) is 16.4 Å². The van der Waals surface area contributed by atoms with Gasteiger partial charge in [-0.05, 0) is 36.1 Å². The molecule has 1 aromatic heterocycles. The Hall–Kier alpha value is -0.620. The lowest BCUT2D eigenvalue weighted by molar-refractivity contribution is 0.325. The number of nitrogens with zero attached hydrogens (tertiary/aromatic N) is 4. The van der Waals surface area contributed by atoms with Crippen LogP contribution in [0.15, 0.2) is 0 Å². The molecule has 1 aliphatic carbocycles. The summed E-state index contributed by atoms with van der Waals surface area (Å²) in [6, 6.07) is 0.474. The molecule has 1 fully saturated rings. The van der Waals surface area contributed by atoms with Gasteiger partial charge in [0.05, 0.1) is 12.6 Å². The average Bonchev–Trinajstić information content (AvgIpc) is 2.84. The molecule has 2 rings (SSSR count). The van der Waals surface area contributed by atoms with Gasteiger partial charge in [-0.1, -0.05) is 19.8 Å². The summed E-state index contributed by atoms with van der Waals surface area (Å²) in [5.41, 5.74) is 0. The van der Waals surface area contributed by atoms with Gasteiger partial charge < -0.3 is 5.32 Å². The molecule has 1 aliphatic rings. The van der Waals surface area contributed by atoms with Crippen molar-refractivity contribution in [2.24, 2.45) is 0 Å². The summed E-state index contributed by atoms with van der Waals surface area (Å²) >= 11 is 1.95. The first-order valence-electron chi connectivity index (χ1n) is 6.37. The Labute approximate surface area is 107 Å². The van der Waals surface area contributed by atoms with E-state index in [1.165, 1.54) is 25.7 Å². The van der Waals surface area contributed by atoms with Gasteiger partial charge in [0.15, 0.2) is 5.82 Å². The van der Waals surface area contributed by atoms with Crippen LogP contribution >= 0.6 is 11.8 Å². The molecule has 6 heteroatoms. The monoisotopic (exact) mass is 255 g/mol. The highest BCUT2D eigenvalue weighted by Crippen LogP contribution is 2.35. The summed E-state index contributed by atoms with van der Waals surface area (Å²) in [4.78, 5) is 0. The number of rotatable bonds is 5. The number of thioether (sulfide) groups is 1. The van der Waals surface area contributed by atoms with Gasteiger partial charge in [-0.3, -0.25) is 0 Å². The number of aromatic nitrogens is 4. The third-order valence-corrected chi connectivity index (χ3v) is 4.53. The predicted molar refractivity (Wildman–Crippen MR) is 70.0 cm³/mol. The van der Waals surface area contributed by atoms with Crippen LogP contribution in [0, 0.1) is 0 Å². The van der Waals surface area contributed by atoms with Crippen molar-refractivity contribution in [1.29, 1.82) is 0 Å². The molecule has 96 valence electrons. The second-order valence-electron chi connectivity index (χ2n) is 4.45. The number of nitrogens with one attached hydrogen (secondary N) is 1. The number of hydrogen-bond acceptors (Lipinski definition) is 5. The molecule has 2 unspecified atom stereocenters. The Kier molecular flexibility index (Phi) is 4.79. The smallest absolute Gasteiger partial charge is 0.165 e. The van der Waals surface area contributed by atoms with Gasteiger partial charge in [0, 0.05) is 5.25 Å². The zero-order valence-electron chi connectivity index (χ0n) is 10.6. The van der Waals surface area contributed by atoms with E-state index in [-0.39, 0.29) is 0 Å². The van der Waals surface area contributed by atoms with Crippen LogP contribution in [0.25, 0.3) is 0 Å². The number of tetrazole rings is 1. The largest absolute Gasteiger partial charge is 0.310 e. The van der Waals surface area contributed by atoms with E-state index in [0.29, 0.717) is 11.3 Å². The van der Waals surface area contributed by atoms with Gasteiger partial charge >= 0.3 is 0 Å². The summed E-state index contributed by atoms with van der Waals surface area (Å²) in [6.45, 7) is 3.81. The minimum Gasteiger partial charge on any atom is -0.310 e. The second-order valence-corrected chi connectivity index (χ2v) is 5.52. The molecule has 1 saturated carbocycles. The average molecular weight is 255 g/mol. The summed E-state index contributed by atoms with van der Waals surface area (Å²) in [5, 5.41) is 16.1. The predicted octanol–water partition coefficient (Wildman–Crippen LogP) is 1.63. The first kappa shape index (κ1) is 12.8. The molecule has 0 aliphatic heterocycles. The van der Waals surface area contributed by atoms with E-state index in [2.05, 4.69) is 34.0 Å². The topological polar surface area (TPSA) is 55.6 Å². The van der Waals surface area contributed by atoms with Gasteiger partial charge in [0.2, 0.25) is 0 Å². The Morgan fingerprint density at radius 1 is 1.41 bits per heavy atom. The third kappa shape index (κ3) is 2.98. The van der Waals surface area contributed by atoms with Crippen LogP contribution < -0.4 is 5.32 Å². The lowest BCUT2D eigenvalue weighted by Gasteiger charge is -2.30. The van der Waals surface area contributed by atoms with Gasteiger partial charge in [-0.25, -0.2) is 4.68 Å². The Morgan fingerprint density at radius 2 is 2.24 bits per heavy atom. The van der Waals surface area contributed by atoms with Crippen molar-refractivity contribution >= 4 is 11.8 Å². The molecule has 0 spiro atoms. The zero-order valence-corrected chi connectivity index (χ0v) is 11.4. The maximum Gasteiger partial charge on any atom is 0.165 e. The molecule has 0 bridgehead atoms. The maximum atomic E-state index is 4.19. The summed E-state index contributed by atoms with van der Waals surface area (Å²) in [5.74, 6) is 0.970. The second kappa shape index (κ2) is 6.35. The van der Waals surface area contributed by atoms with Crippen molar-refractivity contribution in [1.82, 2.24) is 25.5 Å². The fraction of sp³-hybridized carbons (Fsp3) is 0.909. The fourth-order valence-electron chi connectivity index (χ4n) is 2.46. The minimum atomic E-state index is 0.474. The highest BCUT2D eigenvalue weighted by molar-refractivity contribution is 7.99. The van der Waals surface area contributed by atoms with Crippen molar-refractivity contribution in [3.63, 3.8) is 0 Å². The lowest BCUT2D eigenvalue weighted by Crippen LogP contribution is -2.29. The summed E-state index contributed by atoms with van der Waals surface area (Å²) in [6.07, 6.45) is 7.31. The van der Waals surface area contributed by atoms with Crippen LogP contribution in [0.5, 0.6) is 0 Å². The molecular formula is C11H21N5S. The SMILES string of the molecule is CCNCc1nnnn1C1CCCCC1SC. The molecule has 1 aromatic rings. The van der Waals surface area contributed by atoms with Crippen molar-refractivity contribution in [2.45, 2.75) is 50.4 Å². The number of hydrogen-bond donors (Lipinski definition) is 1. The Balaban J connectivity index is 2.11. The van der Waals surface area contributed by atoms with E-state index >= 15 is 0 Å². The highest BCUT2D eigenvalue weighted by atomic mass is 32.2. The van der Waals surface area contributed by atoms with Crippen molar-refractivity contribution in [3.05, 3.63) is 5.82 Å². The molecular weight excluding hydrogens is 234 g/mol. The summed E-state index contributed by atoms with van der Waals surface area (Å²) < 4.78 is 2.04. The van der Waals surface area contributed by atoms with Crippen LogP contribution in [0.3, 0.4) is 0 Å². The van der Waals surface area contributed by atoms with Gasteiger partial charge in [-0.15, -0.1) is 5.10 Å². The molecule has 0 amide bonds. The molecule has 0 saturated heterocycles. The summed E-state index contributed by atoms with van der Waals surface area (Å²) in [7, 11) is 0. The fourth-order valence-corrected chi connectivity index (χ4v) is 3.42. The van der Waals surface area contributed by atoms with Gasteiger partial charge in [-0.2, -0.15) is 11.8 Å². The standard InChI is InChI=1S/C11H21N5S/c1-3-12-8-11-13-14-15-16(11)9-6-4-5-7-10(9)17-2/h9-10,12H,3-8H2,1-2H3. The lowest BCUT2D eigenvalue weighted by atomic mass is 9.95. The van der Waals surface area contributed by atoms with E-state index in [0.717, 1.165) is 18.9 Å². The first-order valence-corrected chi connectivity index (χ1v) is 7.65. The molecule has 1 N–H and O–H groups in total. The van der Waals surface area contributed by atoms with Crippen molar-refractivity contribution in [3.8, 4) is 0 Å². The van der Waals surface area contributed by atoms with Crippen LogP contribution in [0.4, 0.5) is 0 Å². The Morgan fingerprint density at radius 3 is 3.00 bits per heavy atom. The molecule has 17 heavy (non-hydrogen) atoms. The highest BCUT2D eigenvalue weighted by Gasteiger charge is 2.28. The van der Waals surface area contributed by atoms with Crippen LogP contribution in [-0.2, 0) is 6.54 Å².